The van der Waals surface area contributed by atoms with E-state index < -0.39 is 10.0 Å². The highest BCUT2D eigenvalue weighted by molar-refractivity contribution is 7.92. The summed E-state index contributed by atoms with van der Waals surface area (Å²) in [6, 6.07) is 5.18. The van der Waals surface area contributed by atoms with Crippen LogP contribution in [0.1, 0.15) is 38.7 Å². The lowest BCUT2D eigenvalue weighted by Gasteiger charge is -2.24. The molecule has 136 valence electrons. The zero-order valence-electron chi connectivity index (χ0n) is 14.8. The SMILES string of the molecule is Cc1c(Cl)cccc1N(CCCC(=O)NCCC(C)C)S(C)(=O)=O. The van der Waals surface area contributed by atoms with Crippen LogP contribution in [-0.4, -0.2) is 33.7 Å². The number of sulfonamides is 1. The predicted octanol–water partition coefficient (Wildman–Crippen LogP) is 3.36. The Morgan fingerprint density at radius 3 is 2.58 bits per heavy atom. The number of hydrogen-bond acceptors (Lipinski definition) is 3. The number of carbonyl (C=O) groups excluding carboxylic acids is 1. The summed E-state index contributed by atoms with van der Waals surface area (Å²) in [4.78, 5) is 11.8. The van der Waals surface area contributed by atoms with Crippen molar-refractivity contribution in [3.05, 3.63) is 28.8 Å². The van der Waals surface area contributed by atoms with Crippen LogP contribution < -0.4 is 9.62 Å². The fraction of sp³-hybridized carbons (Fsp3) is 0.588. The van der Waals surface area contributed by atoms with E-state index in [1.807, 2.05) is 0 Å². The third-order valence-electron chi connectivity index (χ3n) is 3.72. The van der Waals surface area contributed by atoms with Crippen LogP contribution in [0.2, 0.25) is 5.02 Å². The molecule has 0 saturated carbocycles. The van der Waals surface area contributed by atoms with Crippen molar-refractivity contribution in [2.24, 2.45) is 5.92 Å². The van der Waals surface area contributed by atoms with E-state index in [0.717, 1.165) is 12.7 Å². The summed E-state index contributed by atoms with van der Waals surface area (Å²) in [5, 5.41) is 3.38. The quantitative estimate of drug-likeness (QED) is 0.720. The Morgan fingerprint density at radius 2 is 2.00 bits per heavy atom. The molecule has 1 N–H and O–H groups in total. The molecule has 0 fully saturated rings. The highest BCUT2D eigenvalue weighted by Gasteiger charge is 2.20. The minimum absolute atomic E-state index is 0.0492. The lowest BCUT2D eigenvalue weighted by Crippen LogP contribution is -2.33. The van der Waals surface area contributed by atoms with Crippen LogP contribution in [-0.2, 0) is 14.8 Å². The van der Waals surface area contributed by atoms with Crippen LogP contribution in [0.5, 0.6) is 0 Å². The van der Waals surface area contributed by atoms with Gasteiger partial charge in [-0.3, -0.25) is 9.10 Å². The molecule has 0 aromatic heterocycles. The van der Waals surface area contributed by atoms with Crippen molar-refractivity contribution in [1.82, 2.24) is 5.32 Å². The monoisotopic (exact) mass is 374 g/mol. The highest BCUT2D eigenvalue weighted by Crippen LogP contribution is 2.28. The summed E-state index contributed by atoms with van der Waals surface area (Å²) < 4.78 is 25.5. The minimum Gasteiger partial charge on any atom is -0.356 e. The molecule has 7 heteroatoms. The molecule has 0 radical (unpaired) electrons. The van der Waals surface area contributed by atoms with Gasteiger partial charge in [-0.05, 0) is 43.4 Å². The number of nitrogens with zero attached hydrogens (tertiary/aromatic N) is 1. The van der Waals surface area contributed by atoms with Crippen molar-refractivity contribution < 1.29 is 13.2 Å². The van der Waals surface area contributed by atoms with Crippen molar-refractivity contribution >= 4 is 33.2 Å². The lowest BCUT2D eigenvalue weighted by molar-refractivity contribution is -0.121. The predicted molar refractivity (Wildman–Crippen MR) is 100 cm³/mol. The number of amides is 1. The first kappa shape index (κ1) is 20.8. The van der Waals surface area contributed by atoms with Gasteiger partial charge < -0.3 is 5.32 Å². The fourth-order valence-electron chi connectivity index (χ4n) is 2.30. The Balaban J connectivity index is 2.66. The summed E-state index contributed by atoms with van der Waals surface area (Å²) >= 11 is 6.09. The molecule has 1 rings (SSSR count). The maximum absolute atomic E-state index is 12.1. The van der Waals surface area contributed by atoms with Gasteiger partial charge >= 0.3 is 0 Å². The Hall–Kier alpha value is -1.27. The zero-order valence-corrected chi connectivity index (χ0v) is 16.4. The minimum atomic E-state index is -3.44. The van der Waals surface area contributed by atoms with Gasteiger partial charge in [-0.25, -0.2) is 8.42 Å². The molecule has 0 aliphatic carbocycles. The first-order valence-corrected chi connectivity index (χ1v) is 10.3. The number of benzene rings is 1. The second-order valence-corrected chi connectivity index (χ2v) is 8.67. The molecule has 1 aromatic rings. The Bertz CT molecular complexity index is 660. The van der Waals surface area contributed by atoms with Crippen LogP contribution in [0.4, 0.5) is 5.69 Å². The standard InChI is InChI=1S/C17H27ClN2O3S/c1-13(2)10-11-19-17(21)9-6-12-20(24(4,22)23)16-8-5-7-15(18)14(16)3/h5,7-8,13H,6,9-12H2,1-4H3,(H,19,21). The second kappa shape index (κ2) is 9.28. The molecule has 0 heterocycles. The van der Waals surface area contributed by atoms with Gasteiger partial charge in [-0.1, -0.05) is 31.5 Å². The van der Waals surface area contributed by atoms with Crippen LogP contribution in [0.25, 0.3) is 0 Å². The van der Waals surface area contributed by atoms with Crippen LogP contribution in [0, 0.1) is 12.8 Å². The van der Waals surface area contributed by atoms with E-state index in [1.165, 1.54) is 4.31 Å². The average Bonchev–Trinajstić information content (AvgIpc) is 2.45. The number of carbonyl (C=O) groups is 1. The lowest BCUT2D eigenvalue weighted by atomic mass is 10.1. The smallest absolute Gasteiger partial charge is 0.232 e. The molecule has 0 spiro atoms. The van der Waals surface area contributed by atoms with Crippen molar-refractivity contribution in [2.45, 2.75) is 40.0 Å². The number of hydrogen-bond donors (Lipinski definition) is 1. The molecule has 0 unspecified atom stereocenters. The van der Waals surface area contributed by atoms with Gasteiger partial charge in [0.1, 0.15) is 0 Å². The van der Waals surface area contributed by atoms with Crippen LogP contribution in [0.3, 0.4) is 0 Å². The van der Waals surface area contributed by atoms with Gasteiger partial charge in [0.05, 0.1) is 11.9 Å². The topological polar surface area (TPSA) is 66.5 Å². The van der Waals surface area contributed by atoms with Crippen LogP contribution >= 0.6 is 11.6 Å². The largest absolute Gasteiger partial charge is 0.356 e. The van der Waals surface area contributed by atoms with Gasteiger partial charge in [0.25, 0.3) is 0 Å². The van der Waals surface area contributed by atoms with Crippen LogP contribution in [0.15, 0.2) is 18.2 Å². The van der Waals surface area contributed by atoms with Gasteiger partial charge in [0.2, 0.25) is 15.9 Å². The molecule has 0 bridgehead atoms. The maximum Gasteiger partial charge on any atom is 0.232 e. The summed E-state index contributed by atoms with van der Waals surface area (Å²) in [5.74, 6) is 0.490. The molecule has 0 aliphatic rings. The Kier molecular flexibility index (Phi) is 8.03. The van der Waals surface area contributed by atoms with Gasteiger partial charge in [0.15, 0.2) is 0 Å². The summed E-state index contributed by atoms with van der Waals surface area (Å²) in [7, 11) is -3.44. The summed E-state index contributed by atoms with van der Waals surface area (Å²) in [6.07, 6.45) is 2.84. The number of rotatable bonds is 9. The van der Waals surface area contributed by atoms with E-state index in [0.29, 0.717) is 41.6 Å². The molecule has 24 heavy (non-hydrogen) atoms. The third-order valence-corrected chi connectivity index (χ3v) is 5.31. The maximum atomic E-state index is 12.1. The number of nitrogens with one attached hydrogen (secondary N) is 1. The zero-order chi connectivity index (χ0) is 18.3. The summed E-state index contributed by atoms with van der Waals surface area (Å²) in [6.45, 7) is 6.89. The Labute approximate surface area is 150 Å². The van der Waals surface area contributed by atoms with Gasteiger partial charge in [-0.2, -0.15) is 0 Å². The molecule has 0 saturated heterocycles. The molecule has 1 aromatic carbocycles. The first-order valence-electron chi connectivity index (χ1n) is 8.12. The van der Waals surface area contributed by atoms with E-state index >= 15 is 0 Å². The van der Waals surface area contributed by atoms with Gasteiger partial charge in [0, 0.05) is 24.5 Å². The summed E-state index contributed by atoms with van der Waals surface area (Å²) in [5.41, 5.74) is 1.27. The molecule has 0 atom stereocenters. The molecule has 1 amide bonds. The molecule has 5 nitrogen and oxygen atoms in total. The van der Waals surface area contributed by atoms with E-state index in [4.69, 9.17) is 11.6 Å². The van der Waals surface area contributed by atoms with Crippen molar-refractivity contribution in [2.75, 3.05) is 23.7 Å². The Morgan fingerprint density at radius 1 is 1.33 bits per heavy atom. The van der Waals surface area contributed by atoms with Gasteiger partial charge in [-0.15, -0.1) is 0 Å². The van der Waals surface area contributed by atoms with E-state index in [1.54, 1.807) is 25.1 Å². The second-order valence-electron chi connectivity index (χ2n) is 6.36. The fourth-order valence-corrected chi connectivity index (χ4v) is 3.49. The molecular weight excluding hydrogens is 348 g/mol. The van der Waals surface area contributed by atoms with E-state index in [9.17, 15) is 13.2 Å². The van der Waals surface area contributed by atoms with Crippen molar-refractivity contribution in [3.8, 4) is 0 Å². The first-order chi connectivity index (χ1) is 11.1. The number of anilines is 1. The molecule has 0 aliphatic heterocycles. The number of halogens is 1. The normalized spacial score (nSPS) is 11.6. The van der Waals surface area contributed by atoms with Crippen molar-refractivity contribution in [3.63, 3.8) is 0 Å². The molecular formula is C17H27ClN2O3S. The average molecular weight is 375 g/mol. The highest BCUT2D eigenvalue weighted by atomic mass is 35.5. The van der Waals surface area contributed by atoms with Crippen molar-refractivity contribution in [1.29, 1.82) is 0 Å². The third kappa shape index (κ3) is 6.69. The van der Waals surface area contributed by atoms with E-state index in [2.05, 4.69) is 19.2 Å². The van der Waals surface area contributed by atoms with E-state index in [-0.39, 0.29) is 12.5 Å².